The highest BCUT2D eigenvalue weighted by Crippen LogP contribution is 2.23. The lowest BCUT2D eigenvalue weighted by atomic mass is 9.90. The van der Waals surface area contributed by atoms with Crippen LogP contribution in [0.4, 0.5) is 0 Å². The first-order valence-electron chi connectivity index (χ1n) is 8.55. The Labute approximate surface area is 116 Å². The second-order valence-electron chi connectivity index (χ2n) is 5.85. The van der Waals surface area contributed by atoms with Crippen molar-refractivity contribution in [2.24, 2.45) is 11.7 Å². The van der Waals surface area contributed by atoms with Crippen LogP contribution in [0.25, 0.3) is 0 Å². The van der Waals surface area contributed by atoms with Gasteiger partial charge in [-0.15, -0.1) is 0 Å². The van der Waals surface area contributed by atoms with Crippen LogP contribution in [0.3, 0.4) is 0 Å². The molecule has 0 aliphatic heterocycles. The average molecular weight is 255 g/mol. The van der Waals surface area contributed by atoms with Crippen molar-refractivity contribution in [1.82, 2.24) is 0 Å². The maximum absolute atomic E-state index is 5.59. The molecule has 0 atom stereocenters. The van der Waals surface area contributed by atoms with Crippen LogP contribution in [0.5, 0.6) is 0 Å². The molecule has 0 unspecified atom stereocenters. The predicted octanol–water partition coefficient (Wildman–Crippen LogP) is 5.67. The molecule has 0 bridgehead atoms. The fourth-order valence-corrected chi connectivity index (χ4v) is 2.73. The molecular formula is C17H37N. The molecule has 0 saturated carbocycles. The molecule has 0 spiro atoms. The molecule has 1 heteroatoms. The van der Waals surface area contributed by atoms with Gasteiger partial charge in [-0.25, -0.2) is 0 Å². The number of nitrogens with two attached hydrogens (primary N) is 1. The third-order valence-electron chi connectivity index (χ3n) is 4.00. The molecule has 0 aromatic carbocycles. The Hall–Kier alpha value is -0.0400. The summed E-state index contributed by atoms with van der Waals surface area (Å²) in [4.78, 5) is 0. The molecule has 0 amide bonds. The molecular weight excluding hydrogens is 218 g/mol. The molecule has 0 heterocycles. The SMILES string of the molecule is CCCCCCC(CCCCN)CCCCCC. The monoisotopic (exact) mass is 255 g/mol. The zero-order valence-corrected chi connectivity index (χ0v) is 13.1. The standard InChI is InChI=1S/C17H37N/c1-3-5-7-9-13-17(15-11-12-16-18)14-10-8-6-4-2/h17H,3-16,18H2,1-2H3. The second-order valence-corrected chi connectivity index (χ2v) is 5.85. The first-order chi connectivity index (χ1) is 8.85. The van der Waals surface area contributed by atoms with Crippen molar-refractivity contribution >= 4 is 0 Å². The largest absolute Gasteiger partial charge is 0.330 e. The van der Waals surface area contributed by atoms with Crippen molar-refractivity contribution in [3.63, 3.8) is 0 Å². The van der Waals surface area contributed by atoms with Crippen molar-refractivity contribution in [2.45, 2.75) is 97.3 Å². The molecule has 0 radical (unpaired) electrons. The topological polar surface area (TPSA) is 26.0 Å². The molecule has 1 nitrogen and oxygen atoms in total. The van der Waals surface area contributed by atoms with Crippen LogP contribution in [-0.2, 0) is 0 Å². The summed E-state index contributed by atoms with van der Waals surface area (Å²) in [7, 11) is 0. The second kappa shape index (κ2) is 15.0. The van der Waals surface area contributed by atoms with Crippen LogP contribution < -0.4 is 5.73 Å². The summed E-state index contributed by atoms with van der Waals surface area (Å²) in [6.07, 6.45) is 18.3. The lowest BCUT2D eigenvalue weighted by Gasteiger charge is -2.16. The summed E-state index contributed by atoms with van der Waals surface area (Å²) < 4.78 is 0. The Bertz CT molecular complexity index is 133. The Morgan fingerprint density at radius 3 is 1.44 bits per heavy atom. The quantitative estimate of drug-likeness (QED) is 0.397. The minimum atomic E-state index is 0.873. The van der Waals surface area contributed by atoms with Crippen LogP contribution in [0, 0.1) is 5.92 Å². The van der Waals surface area contributed by atoms with E-state index in [0.717, 1.165) is 12.5 Å². The van der Waals surface area contributed by atoms with Gasteiger partial charge in [0.25, 0.3) is 0 Å². The average Bonchev–Trinajstić information content (AvgIpc) is 2.39. The Balaban J connectivity index is 3.62. The van der Waals surface area contributed by atoms with E-state index in [4.69, 9.17) is 5.73 Å². The van der Waals surface area contributed by atoms with Gasteiger partial charge in [0.15, 0.2) is 0 Å². The Morgan fingerprint density at radius 1 is 0.611 bits per heavy atom. The minimum Gasteiger partial charge on any atom is -0.330 e. The Kier molecular flexibility index (Phi) is 15.0. The molecule has 0 aliphatic carbocycles. The van der Waals surface area contributed by atoms with E-state index in [0.29, 0.717) is 0 Å². The van der Waals surface area contributed by atoms with Gasteiger partial charge >= 0.3 is 0 Å². The van der Waals surface area contributed by atoms with E-state index in [1.807, 2.05) is 0 Å². The summed E-state index contributed by atoms with van der Waals surface area (Å²) in [5.41, 5.74) is 5.59. The van der Waals surface area contributed by atoms with E-state index < -0.39 is 0 Å². The van der Waals surface area contributed by atoms with Crippen molar-refractivity contribution in [3.05, 3.63) is 0 Å². The van der Waals surface area contributed by atoms with Gasteiger partial charge in [0.05, 0.1) is 0 Å². The van der Waals surface area contributed by atoms with E-state index in [1.165, 1.54) is 83.5 Å². The molecule has 0 saturated heterocycles. The third kappa shape index (κ3) is 12.4. The van der Waals surface area contributed by atoms with E-state index in [-0.39, 0.29) is 0 Å². The minimum absolute atomic E-state index is 0.873. The van der Waals surface area contributed by atoms with E-state index in [9.17, 15) is 0 Å². The lowest BCUT2D eigenvalue weighted by Crippen LogP contribution is -2.04. The van der Waals surface area contributed by atoms with Gasteiger partial charge in [-0.2, -0.15) is 0 Å². The summed E-state index contributed by atoms with van der Waals surface area (Å²) in [6, 6.07) is 0. The van der Waals surface area contributed by atoms with E-state index >= 15 is 0 Å². The number of hydrogen-bond acceptors (Lipinski definition) is 1. The molecule has 0 rings (SSSR count). The Morgan fingerprint density at radius 2 is 1.06 bits per heavy atom. The van der Waals surface area contributed by atoms with Crippen molar-refractivity contribution < 1.29 is 0 Å². The lowest BCUT2D eigenvalue weighted by molar-refractivity contribution is 0.371. The fourth-order valence-electron chi connectivity index (χ4n) is 2.73. The molecule has 0 fully saturated rings. The van der Waals surface area contributed by atoms with Crippen LogP contribution in [0.2, 0.25) is 0 Å². The normalized spacial score (nSPS) is 11.3. The highest BCUT2D eigenvalue weighted by atomic mass is 14.5. The summed E-state index contributed by atoms with van der Waals surface area (Å²) in [5.74, 6) is 0.991. The molecule has 110 valence electrons. The third-order valence-corrected chi connectivity index (χ3v) is 4.00. The highest BCUT2D eigenvalue weighted by molar-refractivity contribution is 4.61. The van der Waals surface area contributed by atoms with Gasteiger partial charge in [0.1, 0.15) is 0 Å². The van der Waals surface area contributed by atoms with Crippen LogP contribution in [0.1, 0.15) is 97.3 Å². The first kappa shape index (κ1) is 18.0. The number of hydrogen-bond donors (Lipinski definition) is 1. The summed E-state index contributed by atoms with van der Waals surface area (Å²) in [6.45, 7) is 5.46. The van der Waals surface area contributed by atoms with Gasteiger partial charge in [-0.05, 0) is 18.9 Å². The van der Waals surface area contributed by atoms with Gasteiger partial charge in [0.2, 0.25) is 0 Å². The summed E-state index contributed by atoms with van der Waals surface area (Å²) >= 11 is 0. The van der Waals surface area contributed by atoms with Gasteiger partial charge in [-0.1, -0.05) is 90.9 Å². The maximum Gasteiger partial charge on any atom is -0.00773 e. The number of rotatable bonds is 14. The fraction of sp³-hybridized carbons (Fsp3) is 1.00. The number of unbranched alkanes of at least 4 members (excludes halogenated alkanes) is 7. The molecule has 2 N–H and O–H groups in total. The van der Waals surface area contributed by atoms with Crippen molar-refractivity contribution in [1.29, 1.82) is 0 Å². The molecule has 0 aliphatic rings. The van der Waals surface area contributed by atoms with Crippen molar-refractivity contribution in [3.8, 4) is 0 Å². The van der Waals surface area contributed by atoms with Crippen molar-refractivity contribution in [2.75, 3.05) is 6.54 Å². The molecule has 0 aromatic heterocycles. The van der Waals surface area contributed by atoms with E-state index in [2.05, 4.69) is 13.8 Å². The maximum atomic E-state index is 5.59. The smallest absolute Gasteiger partial charge is 0.00773 e. The predicted molar refractivity (Wildman–Crippen MR) is 83.9 cm³/mol. The first-order valence-corrected chi connectivity index (χ1v) is 8.55. The van der Waals surface area contributed by atoms with E-state index in [1.54, 1.807) is 0 Å². The van der Waals surface area contributed by atoms with Crippen LogP contribution >= 0.6 is 0 Å². The van der Waals surface area contributed by atoms with Gasteiger partial charge in [0, 0.05) is 0 Å². The van der Waals surface area contributed by atoms with Crippen LogP contribution in [-0.4, -0.2) is 6.54 Å². The van der Waals surface area contributed by atoms with Crippen LogP contribution in [0.15, 0.2) is 0 Å². The highest BCUT2D eigenvalue weighted by Gasteiger charge is 2.08. The molecule has 18 heavy (non-hydrogen) atoms. The molecule has 0 aromatic rings. The summed E-state index contributed by atoms with van der Waals surface area (Å²) in [5, 5.41) is 0. The zero-order chi connectivity index (χ0) is 13.5. The zero-order valence-electron chi connectivity index (χ0n) is 13.1. The van der Waals surface area contributed by atoms with Gasteiger partial charge in [-0.3, -0.25) is 0 Å². The van der Waals surface area contributed by atoms with Gasteiger partial charge < -0.3 is 5.73 Å².